The number of carbonyl (C=O) groups excluding carboxylic acids is 2. The van der Waals surface area contributed by atoms with Gasteiger partial charge in [-0.1, -0.05) is 43.7 Å². The van der Waals surface area contributed by atoms with Gasteiger partial charge in [-0.25, -0.2) is 8.42 Å². The summed E-state index contributed by atoms with van der Waals surface area (Å²) in [6.45, 7) is 3.49. The highest BCUT2D eigenvalue weighted by molar-refractivity contribution is 7.88. The topological polar surface area (TPSA) is 96.5 Å². The molecule has 0 saturated carbocycles. The van der Waals surface area contributed by atoms with Gasteiger partial charge in [-0.3, -0.25) is 14.5 Å². The van der Waals surface area contributed by atoms with Gasteiger partial charge in [-0.05, 0) is 18.9 Å². The number of anilines is 1. The second kappa shape index (κ2) is 10.3. The number of fused-ring (bicyclic) bond motifs is 1. The van der Waals surface area contributed by atoms with Crippen molar-refractivity contribution >= 4 is 27.5 Å². The monoisotopic (exact) mass is 513 g/mol. The Labute approximate surface area is 211 Å². The van der Waals surface area contributed by atoms with E-state index in [1.54, 1.807) is 55.6 Å². The molecule has 2 atom stereocenters. The Kier molecular flexibility index (Phi) is 7.37. The first kappa shape index (κ1) is 25.7. The molecule has 0 aliphatic carbocycles. The summed E-state index contributed by atoms with van der Waals surface area (Å²) >= 11 is 0. The number of hydrogen-bond acceptors (Lipinski definition) is 6. The van der Waals surface area contributed by atoms with Gasteiger partial charge in [0.15, 0.2) is 0 Å². The molecular formula is C26H31N3O6S. The van der Waals surface area contributed by atoms with Crippen LogP contribution in [0.2, 0.25) is 0 Å². The summed E-state index contributed by atoms with van der Waals surface area (Å²) in [5.41, 5.74) is 1.59. The summed E-state index contributed by atoms with van der Waals surface area (Å²) in [6, 6.07) is 12.5. The first-order chi connectivity index (χ1) is 17.2. The maximum Gasteiger partial charge on any atom is 0.251 e. The molecule has 0 N–H and O–H groups in total. The quantitative estimate of drug-likeness (QED) is 0.538. The second-order valence-corrected chi connectivity index (χ2v) is 10.7. The Morgan fingerprint density at radius 3 is 2.22 bits per heavy atom. The Balaban J connectivity index is 1.77. The van der Waals surface area contributed by atoms with Crippen molar-refractivity contribution in [1.82, 2.24) is 9.21 Å². The molecule has 36 heavy (non-hydrogen) atoms. The fourth-order valence-corrected chi connectivity index (χ4v) is 6.71. The molecule has 2 unspecified atom stereocenters. The van der Waals surface area contributed by atoms with Crippen LogP contribution in [0, 0.1) is 0 Å². The zero-order valence-corrected chi connectivity index (χ0v) is 21.7. The van der Waals surface area contributed by atoms with E-state index in [0.717, 1.165) is 0 Å². The van der Waals surface area contributed by atoms with Crippen LogP contribution in [0.25, 0.3) is 0 Å². The molecule has 10 heteroatoms. The largest absolute Gasteiger partial charge is 0.497 e. The van der Waals surface area contributed by atoms with Crippen LogP contribution in [-0.4, -0.2) is 62.3 Å². The molecule has 2 aromatic rings. The van der Waals surface area contributed by atoms with Crippen molar-refractivity contribution in [3.8, 4) is 11.5 Å². The highest BCUT2D eigenvalue weighted by atomic mass is 32.2. The molecule has 2 aliphatic heterocycles. The average Bonchev–Trinajstić information content (AvgIpc) is 2.86. The number of piperazine rings is 1. The normalized spacial score (nSPS) is 20.7. The molecule has 192 valence electrons. The fraction of sp³-hybridized carbons (Fsp3) is 0.385. The van der Waals surface area contributed by atoms with Crippen LogP contribution >= 0.6 is 0 Å². The van der Waals surface area contributed by atoms with Gasteiger partial charge in [0, 0.05) is 24.4 Å². The lowest BCUT2D eigenvalue weighted by Gasteiger charge is -2.47. The lowest BCUT2D eigenvalue weighted by molar-refractivity contribution is -0.141. The highest BCUT2D eigenvalue weighted by Crippen LogP contribution is 2.36. The van der Waals surface area contributed by atoms with Crippen molar-refractivity contribution in [3.05, 3.63) is 66.0 Å². The number of nitrogens with zero attached hydrogens (tertiary/aromatic N) is 3. The van der Waals surface area contributed by atoms with E-state index in [4.69, 9.17) is 9.47 Å². The van der Waals surface area contributed by atoms with E-state index in [0.29, 0.717) is 41.3 Å². The predicted molar refractivity (Wildman–Crippen MR) is 136 cm³/mol. The molecule has 1 saturated heterocycles. The van der Waals surface area contributed by atoms with Crippen LogP contribution in [0.3, 0.4) is 0 Å². The first-order valence-electron chi connectivity index (χ1n) is 11.8. The standard InChI is InChI=1S/C26H31N3O6S/c1-5-9-23-26(31)28-16-25(30)27(20-12-21(34-3)14-22(13-20)35-4)15-24(28)18(2)29(23)36(32,33)17-19-10-7-6-8-11-19/h6-8,10-15,18,23H,5,9,16-17H2,1-4H3. The van der Waals surface area contributed by atoms with E-state index >= 15 is 0 Å². The number of amides is 2. The molecule has 2 amide bonds. The molecule has 0 radical (unpaired) electrons. The van der Waals surface area contributed by atoms with Gasteiger partial charge in [-0.15, -0.1) is 0 Å². The van der Waals surface area contributed by atoms with Gasteiger partial charge in [0.2, 0.25) is 15.9 Å². The number of hydrogen-bond donors (Lipinski definition) is 0. The van der Waals surface area contributed by atoms with Crippen molar-refractivity contribution in [1.29, 1.82) is 0 Å². The van der Waals surface area contributed by atoms with E-state index < -0.39 is 22.1 Å². The Morgan fingerprint density at radius 1 is 1.00 bits per heavy atom. The van der Waals surface area contributed by atoms with E-state index in [1.165, 1.54) is 28.3 Å². The van der Waals surface area contributed by atoms with Gasteiger partial charge in [-0.2, -0.15) is 4.31 Å². The van der Waals surface area contributed by atoms with Crippen molar-refractivity contribution < 1.29 is 27.5 Å². The Morgan fingerprint density at radius 2 is 1.64 bits per heavy atom. The van der Waals surface area contributed by atoms with Crippen molar-refractivity contribution in [2.45, 2.75) is 44.5 Å². The number of ether oxygens (including phenoxy) is 2. The van der Waals surface area contributed by atoms with Crippen molar-refractivity contribution in [2.24, 2.45) is 0 Å². The first-order valence-corrected chi connectivity index (χ1v) is 13.4. The molecule has 0 spiro atoms. The Bertz CT molecular complexity index is 1260. The summed E-state index contributed by atoms with van der Waals surface area (Å²) in [5.74, 6) is 0.0930. The number of rotatable bonds is 8. The Hall–Kier alpha value is -3.37. The highest BCUT2D eigenvalue weighted by Gasteiger charge is 2.49. The molecule has 2 heterocycles. The maximum atomic E-state index is 13.7. The van der Waals surface area contributed by atoms with E-state index in [-0.39, 0.29) is 24.1 Å². The minimum absolute atomic E-state index is 0.179. The molecule has 2 aliphatic rings. The second-order valence-electron chi connectivity index (χ2n) is 8.87. The summed E-state index contributed by atoms with van der Waals surface area (Å²) in [6.07, 6.45) is 2.54. The number of benzene rings is 2. The zero-order valence-electron chi connectivity index (χ0n) is 20.9. The minimum Gasteiger partial charge on any atom is -0.497 e. The third-order valence-corrected chi connectivity index (χ3v) is 8.40. The van der Waals surface area contributed by atoms with Crippen LogP contribution in [-0.2, 0) is 25.4 Å². The summed E-state index contributed by atoms with van der Waals surface area (Å²) < 4.78 is 39.3. The number of sulfonamides is 1. The van der Waals surface area contributed by atoms with E-state index in [9.17, 15) is 18.0 Å². The molecular weight excluding hydrogens is 482 g/mol. The van der Waals surface area contributed by atoms with Gasteiger partial charge >= 0.3 is 0 Å². The van der Waals surface area contributed by atoms with Gasteiger partial charge in [0.1, 0.15) is 24.1 Å². The van der Waals surface area contributed by atoms with Gasteiger partial charge in [0.05, 0.1) is 37.4 Å². The molecule has 0 aromatic heterocycles. The number of carbonyl (C=O) groups is 2. The third-order valence-electron chi connectivity index (χ3n) is 6.49. The van der Waals surface area contributed by atoms with E-state index in [1.807, 2.05) is 13.0 Å². The van der Waals surface area contributed by atoms with Crippen molar-refractivity contribution in [2.75, 3.05) is 25.7 Å². The minimum atomic E-state index is -3.86. The predicted octanol–water partition coefficient (Wildman–Crippen LogP) is 3.12. The third kappa shape index (κ3) is 4.83. The molecule has 2 aromatic carbocycles. The van der Waals surface area contributed by atoms with Crippen LogP contribution < -0.4 is 14.4 Å². The van der Waals surface area contributed by atoms with Crippen LogP contribution in [0.15, 0.2) is 60.4 Å². The number of methoxy groups -OCH3 is 2. The summed E-state index contributed by atoms with van der Waals surface area (Å²) in [4.78, 5) is 29.6. The van der Waals surface area contributed by atoms with Crippen molar-refractivity contribution in [3.63, 3.8) is 0 Å². The molecule has 0 bridgehead atoms. The van der Waals surface area contributed by atoms with E-state index in [2.05, 4.69) is 0 Å². The maximum absolute atomic E-state index is 13.7. The van der Waals surface area contributed by atoms with Crippen LogP contribution in [0.4, 0.5) is 5.69 Å². The lowest BCUT2D eigenvalue weighted by atomic mass is 10.0. The molecule has 4 rings (SSSR count). The SMILES string of the molecule is CCCC1C(=O)N2CC(=O)N(c3cc(OC)cc(OC)c3)C=C2C(C)N1S(=O)(=O)Cc1ccccc1. The lowest BCUT2D eigenvalue weighted by Crippen LogP contribution is -2.64. The molecule has 9 nitrogen and oxygen atoms in total. The molecule has 1 fully saturated rings. The summed E-state index contributed by atoms with van der Waals surface area (Å²) in [7, 11) is -0.824. The fourth-order valence-electron chi connectivity index (χ4n) is 4.77. The zero-order chi connectivity index (χ0) is 26.0. The van der Waals surface area contributed by atoms with Gasteiger partial charge in [0.25, 0.3) is 5.91 Å². The van der Waals surface area contributed by atoms with Crippen LogP contribution in [0.5, 0.6) is 11.5 Å². The smallest absolute Gasteiger partial charge is 0.251 e. The van der Waals surface area contributed by atoms with Crippen LogP contribution in [0.1, 0.15) is 32.3 Å². The average molecular weight is 514 g/mol. The van der Waals surface area contributed by atoms with Gasteiger partial charge < -0.3 is 14.4 Å². The summed E-state index contributed by atoms with van der Waals surface area (Å²) in [5, 5.41) is 0.